The molecule has 2 rings (SSSR count). The first kappa shape index (κ1) is 11.4. The van der Waals surface area contributed by atoms with Gasteiger partial charge in [0.1, 0.15) is 0 Å². The number of aromatic nitrogens is 2. The van der Waals surface area contributed by atoms with Gasteiger partial charge in [-0.1, -0.05) is 0 Å². The third kappa shape index (κ3) is 2.55. The van der Waals surface area contributed by atoms with Gasteiger partial charge < -0.3 is 10.0 Å². The Morgan fingerprint density at radius 1 is 1.59 bits per heavy atom. The number of nitrogens with one attached hydrogen (secondary N) is 1. The lowest BCUT2D eigenvalue weighted by molar-refractivity contribution is -0.141. The Hall–Kier alpha value is -2.05. The molecule has 0 radical (unpaired) electrons. The Balaban J connectivity index is 1.91. The maximum Gasteiger partial charge on any atom is 0.323 e. The van der Waals surface area contributed by atoms with Gasteiger partial charge in [-0.05, 0) is 6.42 Å². The molecular weight excluding hydrogens is 224 g/mol. The fraction of sp³-hybridized carbons (Fsp3) is 0.500. The summed E-state index contributed by atoms with van der Waals surface area (Å²) in [7, 11) is 1.76. The molecule has 7 heteroatoms. The number of hydrogen-bond donors (Lipinski definition) is 2. The van der Waals surface area contributed by atoms with Crippen molar-refractivity contribution in [1.29, 1.82) is 0 Å². The Kier molecular flexibility index (Phi) is 2.99. The van der Waals surface area contributed by atoms with E-state index >= 15 is 0 Å². The molecule has 0 bridgehead atoms. The monoisotopic (exact) mass is 238 g/mol. The lowest BCUT2D eigenvalue weighted by atomic mass is 10.1. The third-order valence-corrected chi connectivity index (χ3v) is 2.77. The molecule has 2 amide bonds. The van der Waals surface area contributed by atoms with E-state index in [1.165, 1.54) is 4.90 Å². The molecule has 2 heterocycles. The molecule has 2 N–H and O–H groups in total. The van der Waals surface area contributed by atoms with Gasteiger partial charge in [-0.25, -0.2) is 4.79 Å². The molecule has 92 valence electrons. The predicted octanol–water partition coefficient (Wildman–Crippen LogP) is 0.358. The van der Waals surface area contributed by atoms with Crippen molar-refractivity contribution in [2.45, 2.75) is 6.42 Å². The topological polar surface area (TPSA) is 87.5 Å². The number of carbonyl (C=O) groups excluding carboxylic acids is 1. The van der Waals surface area contributed by atoms with E-state index in [1.807, 2.05) is 0 Å². The molecular formula is C10H14N4O3. The molecule has 1 aromatic rings. The van der Waals surface area contributed by atoms with E-state index in [9.17, 15) is 9.59 Å². The van der Waals surface area contributed by atoms with Crippen LogP contribution in [0.1, 0.15) is 6.42 Å². The highest BCUT2D eigenvalue weighted by molar-refractivity contribution is 5.89. The Labute approximate surface area is 98.0 Å². The average molecular weight is 238 g/mol. The maximum absolute atomic E-state index is 11.8. The zero-order valence-electron chi connectivity index (χ0n) is 9.46. The summed E-state index contributed by atoms with van der Waals surface area (Å²) in [5, 5.41) is 15.5. The fourth-order valence-electron chi connectivity index (χ4n) is 1.82. The summed E-state index contributed by atoms with van der Waals surface area (Å²) in [5.41, 5.74) is 0. The first-order chi connectivity index (χ1) is 8.06. The summed E-state index contributed by atoms with van der Waals surface area (Å²) in [6.07, 6.45) is 2.23. The Morgan fingerprint density at radius 3 is 2.88 bits per heavy atom. The van der Waals surface area contributed by atoms with Crippen LogP contribution in [0.5, 0.6) is 0 Å². The highest BCUT2D eigenvalue weighted by Gasteiger charge is 2.30. The van der Waals surface area contributed by atoms with Crippen molar-refractivity contribution in [2.75, 3.05) is 18.4 Å². The predicted molar refractivity (Wildman–Crippen MR) is 59.5 cm³/mol. The molecule has 1 aliphatic rings. The lowest BCUT2D eigenvalue weighted by Crippen LogP contribution is -2.33. The van der Waals surface area contributed by atoms with Crippen LogP contribution in [0.25, 0.3) is 0 Å². The second-order valence-corrected chi connectivity index (χ2v) is 4.07. The lowest BCUT2D eigenvalue weighted by Gasteiger charge is -2.15. The van der Waals surface area contributed by atoms with Crippen molar-refractivity contribution in [3.63, 3.8) is 0 Å². The van der Waals surface area contributed by atoms with Crippen molar-refractivity contribution in [3.8, 4) is 0 Å². The van der Waals surface area contributed by atoms with E-state index in [0.29, 0.717) is 18.8 Å². The number of amides is 2. The summed E-state index contributed by atoms with van der Waals surface area (Å²) in [4.78, 5) is 24.0. The van der Waals surface area contributed by atoms with Crippen molar-refractivity contribution in [1.82, 2.24) is 14.7 Å². The summed E-state index contributed by atoms with van der Waals surface area (Å²) in [5.74, 6) is -0.834. The molecule has 17 heavy (non-hydrogen) atoms. The van der Waals surface area contributed by atoms with E-state index < -0.39 is 11.9 Å². The molecule has 0 saturated carbocycles. The second kappa shape index (κ2) is 4.44. The summed E-state index contributed by atoms with van der Waals surface area (Å²) in [6, 6.07) is 1.38. The largest absolute Gasteiger partial charge is 0.481 e. The summed E-state index contributed by atoms with van der Waals surface area (Å²) < 4.78 is 1.58. The van der Waals surface area contributed by atoms with Gasteiger partial charge in [0.15, 0.2) is 5.82 Å². The first-order valence-electron chi connectivity index (χ1n) is 5.34. The smallest absolute Gasteiger partial charge is 0.323 e. The Bertz CT molecular complexity index is 443. The molecule has 1 aromatic heterocycles. The van der Waals surface area contributed by atoms with E-state index in [-0.39, 0.29) is 12.6 Å². The van der Waals surface area contributed by atoms with Gasteiger partial charge in [-0.2, -0.15) is 5.10 Å². The van der Waals surface area contributed by atoms with Crippen molar-refractivity contribution >= 4 is 17.8 Å². The average Bonchev–Trinajstić information content (AvgIpc) is 2.86. The number of anilines is 1. The van der Waals surface area contributed by atoms with Crippen molar-refractivity contribution in [2.24, 2.45) is 13.0 Å². The minimum Gasteiger partial charge on any atom is -0.481 e. The SMILES string of the molecule is Cn1ccc(NC(=O)N2CCC(C(=O)O)C2)n1. The molecule has 1 aliphatic heterocycles. The van der Waals surface area contributed by atoms with Gasteiger partial charge in [0.05, 0.1) is 5.92 Å². The van der Waals surface area contributed by atoms with Gasteiger partial charge in [0.2, 0.25) is 0 Å². The van der Waals surface area contributed by atoms with E-state index in [0.717, 1.165) is 0 Å². The van der Waals surface area contributed by atoms with Gasteiger partial charge >= 0.3 is 12.0 Å². The highest BCUT2D eigenvalue weighted by atomic mass is 16.4. The van der Waals surface area contributed by atoms with Gasteiger partial charge in [0, 0.05) is 32.4 Å². The van der Waals surface area contributed by atoms with E-state index in [4.69, 9.17) is 5.11 Å². The minimum atomic E-state index is -0.849. The molecule has 0 aromatic carbocycles. The molecule has 1 saturated heterocycles. The zero-order chi connectivity index (χ0) is 12.4. The van der Waals surface area contributed by atoms with Crippen LogP contribution < -0.4 is 5.32 Å². The van der Waals surface area contributed by atoms with E-state index in [1.54, 1.807) is 24.0 Å². The number of aliphatic carboxylic acids is 1. The van der Waals surface area contributed by atoms with Crippen LogP contribution in [0.4, 0.5) is 10.6 Å². The quantitative estimate of drug-likeness (QED) is 0.778. The van der Waals surface area contributed by atoms with Crippen LogP contribution in [0.2, 0.25) is 0 Å². The number of carboxylic acids is 1. The number of nitrogens with zero attached hydrogens (tertiary/aromatic N) is 3. The molecule has 7 nitrogen and oxygen atoms in total. The molecule has 0 spiro atoms. The summed E-state index contributed by atoms with van der Waals surface area (Å²) in [6.45, 7) is 0.726. The Morgan fingerprint density at radius 2 is 2.35 bits per heavy atom. The van der Waals surface area contributed by atoms with Gasteiger partial charge in [0.25, 0.3) is 0 Å². The van der Waals surface area contributed by atoms with Gasteiger partial charge in [-0.3, -0.25) is 14.8 Å². The highest BCUT2D eigenvalue weighted by Crippen LogP contribution is 2.17. The molecule has 1 unspecified atom stereocenters. The third-order valence-electron chi connectivity index (χ3n) is 2.77. The number of likely N-dealkylation sites (tertiary alicyclic amines) is 1. The number of urea groups is 1. The maximum atomic E-state index is 11.8. The fourth-order valence-corrected chi connectivity index (χ4v) is 1.82. The number of carbonyl (C=O) groups is 2. The minimum absolute atomic E-state index is 0.258. The molecule has 0 aliphatic carbocycles. The molecule has 1 atom stereocenters. The first-order valence-corrected chi connectivity index (χ1v) is 5.34. The van der Waals surface area contributed by atoms with Crippen molar-refractivity contribution in [3.05, 3.63) is 12.3 Å². The second-order valence-electron chi connectivity index (χ2n) is 4.07. The van der Waals surface area contributed by atoms with Crippen LogP contribution in [0, 0.1) is 5.92 Å². The number of rotatable bonds is 2. The van der Waals surface area contributed by atoms with Crippen LogP contribution in [-0.2, 0) is 11.8 Å². The summed E-state index contributed by atoms with van der Waals surface area (Å²) >= 11 is 0. The number of aryl methyl sites for hydroxylation is 1. The molecule has 1 fully saturated rings. The van der Waals surface area contributed by atoms with Crippen LogP contribution in [0.15, 0.2) is 12.3 Å². The zero-order valence-corrected chi connectivity index (χ0v) is 9.46. The van der Waals surface area contributed by atoms with Crippen molar-refractivity contribution < 1.29 is 14.7 Å². The van der Waals surface area contributed by atoms with Crippen LogP contribution in [-0.4, -0.2) is 44.9 Å². The standard InChI is InChI=1S/C10H14N4O3/c1-13-4-3-8(12-13)11-10(17)14-5-2-7(6-14)9(15)16/h3-4,7H,2,5-6H2,1H3,(H,15,16)(H,11,12,17). The number of carboxylic acid groups (broad SMARTS) is 1. The normalized spacial score (nSPS) is 19.4. The van der Waals surface area contributed by atoms with Gasteiger partial charge in [-0.15, -0.1) is 0 Å². The van der Waals surface area contributed by atoms with Crippen LogP contribution >= 0.6 is 0 Å². The van der Waals surface area contributed by atoms with Crippen LogP contribution in [0.3, 0.4) is 0 Å². The van der Waals surface area contributed by atoms with E-state index in [2.05, 4.69) is 10.4 Å². The number of hydrogen-bond acceptors (Lipinski definition) is 3.